The average molecular weight is 423 g/mol. The molecule has 1 saturated heterocycles. The molecule has 1 fully saturated rings. The molecular formula is C19H24F2N6OS. The van der Waals surface area contributed by atoms with Crippen LogP contribution in [0.3, 0.4) is 0 Å². The monoisotopic (exact) mass is 422 g/mol. The quantitative estimate of drug-likeness (QED) is 0.387. The minimum absolute atomic E-state index is 0.215. The molecule has 1 atom stereocenters. The molecule has 0 bridgehead atoms. The van der Waals surface area contributed by atoms with E-state index in [2.05, 4.69) is 24.6 Å². The van der Waals surface area contributed by atoms with Crippen LogP contribution in [-0.2, 0) is 0 Å². The summed E-state index contributed by atoms with van der Waals surface area (Å²) in [6.07, 6.45) is 5.26. The maximum absolute atomic E-state index is 12.4. The Morgan fingerprint density at radius 2 is 2.31 bits per heavy atom. The van der Waals surface area contributed by atoms with Crippen LogP contribution in [0.2, 0.25) is 0 Å². The number of nitrogens with one attached hydrogen (secondary N) is 4. The molecule has 1 aliphatic rings. The Kier molecular flexibility index (Phi) is 7.21. The van der Waals surface area contributed by atoms with Crippen molar-refractivity contribution in [3.63, 3.8) is 0 Å². The number of piperidine rings is 1. The van der Waals surface area contributed by atoms with Crippen molar-refractivity contribution < 1.29 is 8.78 Å². The number of pyridine rings is 1. The lowest BCUT2D eigenvalue weighted by Gasteiger charge is -2.34. The Bertz CT molecular complexity index is 925. The fourth-order valence-corrected chi connectivity index (χ4v) is 3.72. The number of H-pyrrole nitrogens is 2. The number of hydrogen-bond acceptors (Lipinski definition) is 6. The van der Waals surface area contributed by atoms with Crippen molar-refractivity contribution in [3.8, 4) is 11.3 Å². The first-order valence-electron chi connectivity index (χ1n) is 9.31. The maximum atomic E-state index is 12.4. The van der Waals surface area contributed by atoms with Gasteiger partial charge < -0.3 is 14.9 Å². The summed E-state index contributed by atoms with van der Waals surface area (Å²) in [7, 11) is 0. The average Bonchev–Trinajstić information content (AvgIpc) is 3.19. The van der Waals surface area contributed by atoms with Gasteiger partial charge in [0.2, 0.25) is 5.56 Å². The lowest BCUT2D eigenvalue weighted by atomic mass is 9.98. The topological polar surface area (TPSA) is 101 Å². The van der Waals surface area contributed by atoms with Crippen LogP contribution in [0.15, 0.2) is 29.2 Å². The van der Waals surface area contributed by atoms with E-state index in [-0.39, 0.29) is 5.56 Å². The van der Waals surface area contributed by atoms with Crippen LogP contribution in [0, 0.1) is 11.3 Å². The van der Waals surface area contributed by atoms with E-state index in [1.165, 1.54) is 12.1 Å². The van der Waals surface area contributed by atoms with E-state index < -0.39 is 12.1 Å². The number of alkyl halides is 2. The first kappa shape index (κ1) is 21.3. The smallest absolute Gasteiger partial charge is 0.279 e. The molecule has 4 N–H and O–H groups in total. The van der Waals surface area contributed by atoms with Crippen molar-refractivity contribution >= 4 is 29.6 Å². The fraction of sp³-hybridized carbons (Fsp3) is 0.421. The molecule has 0 saturated carbocycles. The van der Waals surface area contributed by atoms with Crippen molar-refractivity contribution in [2.75, 3.05) is 30.8 Å². The Morgan fingerprint density at radius 1 is 1.48 bits per heavy atom. The Balaban J connectivity index is 1.77. The molecule has 0 aliphatic carbocycles. The van der Waals surface area contributed by atoms with Crippen LogP contribution in [0.5, 0.6) is 0 Å². The molecule has 3 heterocycles. The van der Waals surface area contributed by atoms with Gasteiger partial charge in [-0.25, -0.2) is 13.8 Å². The third kappa shape index (κ3) is 5.77. The summed E-state index contributed by atoms with van der Waals surface area (Å²) in [5, 5.41) is 7.16. The molecule has 3 rings (SSSR count). The Labute approximate surface area is 171 Å². The third-order valence-electron chi connectivity index (χ3n) is 4.77. The molecule has 10 heteroatoms. The van der Waals surface area contributed by atoms with E-state index in [0.717, 1.165) is 44.4 Å². The highest BCUT2D eigenvalue weighted by Crippen LogP contribution is 2.24. The van der Waals surface area contributed by atoms with Gasteiger partial charge in [-0.2, -0.15) is 0 Å². The van der Waals surface area contributed by atoms with Crippen molar-refractivity contribution in [1.29, 1.82) is 5.41 Å². The second-order valence-corrected chi connectivity index (χ2v) is 7.59. The predicted octanol–water partition coefficient (Wildman–Crippen LogP) is 3.15. The number of allylic oxidation sites excluding steroid dienone is 1. The highest BCUT2D eigenvalue weighted by molar-refractivity contribution is 7.96. The molecule has 2 aromatic heterocycles. The molecule has 2 aromatic rings. The standard InChI is InChI=1S/C19H24F2N6OS/c1-29-24-9-12-3-2-6-27(11-12)17-7-13(8-18(28)26-17)15-10-23-16(25-15)5-4-14(22)19(20)21/h4-5,7-8,10,12,19,22,24H,2-3,6,9,11H2,1H3,(H,23,25)(H,26,28)/b5-4-,22-14?. The van der Waals surface area contributed by atoms with Gasteiger partial charge in [0.05, 0.1) is 17.6 Å². The zero-order chi connectivity index (χ0) is 20.8. The van der Waals surface area contributed by atoms with Gasteiger partial charge in [0.25, 0.3) is 6.43 Å². The molecule has 0 radical (unpaired) electrons. The largest absolute Gasteiger partial charge is 0.358 e. The number of nitrogens with zero attached hydrogens (tertiary/aromatic N) is 2. The number of rotatable bonds is 8. The van der Waals surface area contributed by atoms with E-state index in [9.17, 15) is 13.6 Å². The lowest BCUT2D eigenvalue weighted by molar-refractivity contribution is 0.226. The van der Waals surface area contributed by atoms with Gasteiger partial charge in [0.1, 0.15) is 11.6 Å². The van der Waals surface area contributed by atoms with Crippen molar-refractivity contribution in [2.45, 2.75) is 19.3 Å². The molecule has 1 unspecified atom stereocenters. The molecule has 0 amide bonds. The minimum atomic E-state index is -2.82. The first-order valence-corrected chi connectivity index (χ1v) is 10.5. The van der Waals surface area contributed by atoms with Crippen molar-refractivity contribution in [1.82, 2.24) is 19.7 Å². The van der Waals surface area contributed by atoms with Crippen LogP contribution in [0.4, 0.5) is 14.6 Å². The van der Waals surface area contributed by atoms with Gasteiger partial charge >= 0.3 is 0 Å². The van der Waals surface area contributed by atoms with E-state index in [4.69, 9.17) is 5.41 Å². The summed E-state index contributed by atoms with van der Waals surface area (Å²) in [5.74, 6) is 1.61. The second kappa shape index (κ2) is 9.84. The number of anilines is 1. The lowest BCUT2D eigenvalue weighted by Crippen LogP contribution is -2.39. The molecular weight excluding hydrogens is 398 g/mol. The minimum Gasteiger partial charge on any atom is -0.358 e. The van der Waals surface area contributed by atoms with Crippen LogP contribution in [-0.4, -0.2) is 53.0 Å². The molecule has 7 nitrogen and oxygen atoms in total. The van der Waals surface area contributed by atoms with E-state index >= 15 is 0 Å². The number of hydrogen-bond donors (Lipinski definition) is 4. The predicted molar refractivity (Wildman–Crippen MR) is 114 cm³/mol. The summed E-state index contributed by atoms with van der Waals surface area (Å²) in [6.45, 7) is 2.66. The zero-order valence-electron chi connectivity index (χ0n) is 16.0. The molecule has 29 heavy (non-hydrogen) atoms. The number of halogens is 2. The summed E-state index contributed by atoms with van der Waals surface area (Å²) < 4.78 is 28.1. The van der Waals surface area contributed by atoms with Gasteiger partial charge in [-0.15, -0.1) is 0 Å². The van der Waals surface area contributed by atoms with Gasteiger partial charge in [0, 0.05) is 31.3 Å². The third-order valence-corrected chi connectivity index (χ3v) is 5.22. The highest BCUT2D eigenvalue weighted by Gasteiger charge is 2.21. The Hall–Kier alpha value is -2.46. The number of imidazole rings is 1. The molecule has 0 aromatic carbocycles. The molecule has 156 valence electrons. The van der Waals surface area contributed by atoms with Crippen LogP contribution in [0.25, 0.3) is 17.3 Å². The summed E-state index contributed by atoms with van der Waals surface area (Å²) in [5.41, 5.74) is 0.285. The van der Waals surface area contributed by atoms with E-state index in [1.807, 2.05) is 12.3 Å². The first-order chi connectivity index (χ1) is 14.0. The summed E-state index contributed by atoms with van der Waals surface area (Å²) >= 11 is 1.61. The number of aromatic nitrogens is 3. The summed E-state index contributed by atoms with van der Waals surface area (Å²) in [6, 6.07) is 3.37. The van der Waals surface area contributed by atoms with Crippen LogP contribution < -0.4 is 15.2 Å². The number of aromatic amines is 2. The van der Waals surface area contributed by atoms with Crippen LogP contribution in [0.1, 0.15) is 18.7 Å². The van der Waals surface area contributed by atoms with Crippen molar-refractivity contribution in [3.05, 3.63) is 40.6 Å². The van der Waals surface area contributed by atoms with Gasteiger partial charge in [-0.05, 0) is 43.2 Å². The van der Waals surface area contributed by atoms with Gasteiger partial charge in [-0.3, -0.25) is 14.9 Å². The van der Waals surface area contributed by atoms with Crippen molar-refractivity contribution in [2.24, 2.45) is 5.92 Å². The maximum Gasteiger partial charge on any atom is 0.279 e. The zero-order valence-corrected chi connectivity index (χ0v) is 16.9. The fourth-order valence-electron chi connectivity index (χ4n) is 3.32. The van der Waals surface area contributed by atoms with Gasteiger partial charge in [-0.1, -0.05) is 11.9 Å². The van der Waals surface area contributed by atoms with Crippen LogP contribution >= 0.6 is 11.9 Å². The summed E-state index contributed by atoms with van der Waals surface area (Å²) in [4.78, 5) is 24.4. The second-order valence-electron chi connectivity index (χ2n) is 6.90. The van der Waals surface area contributed by atoms with E-state index in [0.29, 0.717) is 23.0 Å². The van der Waals surface area contributed by atoms with Gasteiger partial charge in [0.15, 0.2) is 0 Å². The molecule has 0 spiro atoms. The Morgan fingerprint density at radius 3 is 3.07 bits per heavy atom. The molecule has 1 aliphatic heterocycles. The van der Waals surface area contributed by atoms with E-state index in [1.54, 1.807) is 18.1 Å². The highest BCUT2D eigenvalue weighted by atomic mass is 32.2. The normalized spacial score (nSPS) is 17.4. The SMILES string of the molecule is CSNCC1CCCN(c2cc(-c3cnc(/C=C\C(=N)C(F)F)[nH]3)cc(=O)[nH]2)C1.